The molecule has 33 heavy (non-hydrogen) atoms. The average molecular weight is 465 g/mol. The van der Waals surface area contributed by atoms with Crippen LogP contribution in [-0.4, -0.2) is 71.7 Å². The first-order chi connectivity index (χ1) is 16.1. The van der Waals surface area contributed by atoms with E-state index in [-0.39, 0.29) is 19.4 Å². The molecule has 2 saturated carbocycles. The van der Waals surface area contributed by atoms with Gasteiger partial charge >= 0.3 is 0 Å². The Labute approximate surface area is 195 Å². The van der Waals surface area contributed by atoms with Crippen LogP contribution in [0.15, 0.2) is 12.1 Å². The fraction of sp³-hybridized carbons (Fsp3) is 0.720. The number of fused-ring (bicyclic) bond motifs is 1. The van der Waals surface area contributed by atoms with Crippen molar-refractivity contribution in [3.63, 3.8) is 0 Å². The van der Waals surface area contributed by atoms with Gasteiger partial charge in [0.15, 0.2) is 30.2 Å². The monoisotopic (exact) mass is 464 g/mol. The van der Waals surface area contributed by atoms with E-state index in [4.69, 9.17) is 33.2 Å². The second kappa shape index (κ2) is 10.7. The molecule has 0 bridgehead atoms. The third-order valence-corrected chi connectivity index (χ3v) is 7.33. The van der Waals surface area contributed by atoms with E-state index < -0.39 is 17.1 Å². The summed E-state index contributed by atoms with van der Waals surface area (Å²) in [4.78, 5) is 13.2. The Morgan fingerprint density at radius 1 is 1.00 bits per heavy atom. The highest BCUT2D eigenvalue weighted by Crippen LogP contribution is 2.65. The van der Waals surface area contributed by atoms with E-state index in [0.717, 1.165) is 31.2 Å². The summed E-state index contributed by atoms with van der Waals surface area (Å²) in [5, 5.41) is 0. The topological polar surface area (TPSA) is 81.7 Å². The fourth-order valence-electron chi connectivity index (χ4n) is 5.87. The lowest BCUT2D eigenvalue weighted by atomic mass is 9.59. The van der Waals surface area contributed by atoms with Gasteiger partial charge < -0.3 is 33.2 Å². The van der Waals surface area contributed by atoms with Crippen molar-refractivity contribution in [1.82, 2.24) is 0 Å². The molecule has 3 aliphatic rings. The molecule has 0 N–H and O–H groups in total. The molecule has 1 heterocycles. The van der Waals surface area contributed by atoms with Crippen LogP contribution < -0.4 is 9.47 Å². The van der Waals surface area contributed by atoms with Crippen molar-refractivity contribution in [3.8, 4) is 11.5 Å². The van der Waals surface area contributed by atoms with E-state index in [9.17, 15) is 4.79 Å². The molecule has 8 heteroatoms. The maximum absolute atomic E-state index is 13.2. The predicted molar refractivity (Wildman–Crippen MR) is 120 cm³/mol. The number of hydrogen-bond donors (Lipinski definition) is 0. The van der Waals surface area contributed by atoms with E-state index in [1.807, 2.05) is 6.07 Å². The molecular weight excluding hydrogens is 428 g/mol. The maximum Gasteiger partial charge on any atom is 0.189 e. The molecule has 0 unspecified atom stereocenters. The van der Waals surface area contributed by atoms with Crippen LogP contribution in [0.5, 0.6) is 11.5 Å². The fourth-order valence-corrected chi connectivity index (χ4v) is 5.87. The van der Waals surface area contributed by atoms with Gasteiger partial charge in [-0.1, -0.05) is 13.0 Å². The molecule has 1 aromatic rings. The minimum absolute atomic E-state index is 0.0885. The van der Waals surface area contributed by atoms with E-state index in [1.165, 1.54) is 5.56 Å². The van der Waals surface area contributed by atoms with Crippen LogP contribution in [0.1, 0.15) is 50.2 Å². The van der Waals surface area contributed by atoms with E-state index >= 15 is 0 Å². The van der Waals surface area contributed by atoms with Gasteiger partial charge in [0.2, 0.25) is 0 Å². The Bertz CT molecular complexity index is 827. The first-order valence-electron chi connectivity index (χ1n) is 11.9. The summed E-state index contributed by atoms with van der Waals surface area (Å²) in [6.45, 7) is 4.32. The summed E-state index contributed by atoms with van der Waals surface area (Å²) < 4.78 is 40.2. The third-order valence-electron chi connectivity index (χ3n) is 7.33. The number of benzene rings is 1. The Balaban J connectivity index is 1.66. The van der Waals surface area contributed by atoms with Gasteiger partial charge in [-0.2, -0.15) is 0 Å². The molecule has 0 radical (unpaired) electrons. The van der Waals surface area contributed by atoms with Crippen LogP contribution in [0.3, 0.4) is 0 Å². The summed E-state index contributed by atoms with van der Waals surface area (Å²) >= 11 is 0. The number of ketones is 1. The highest BCUT2D eigenvalue weighted by atomic mass is 16.7. The number of methoxy groups -OCH3 is 2. The highest BCUT2D eigenvalue weighted by molar-refractivity contribution is 5.89. The number of Topliss-reactive ketones (excluding diaryl/α,β-unsaturated/α-hetero) is 1. The van der Waals surface area contributed by atoms with Crippen molar-refractivity contribution in [2.24, 2.45) is 0 Å². The molecule has 4 rings (SSSR count). The lowest BCUT2D eigenvalue weighted by Gasteiger charge is -2.49. The largest absolute Gasteiger partial charge is 0.477 e. The number of carbonyl (C=O) groups is 1. The number of hydrogen-bond acceptors (Lipinski definition) is 8. The Hall–Kier alpha value is -1.71. The van der Waals surface area contributed by atoms with Gasteiger partial charge in [0, 0.05) is 26.2 Å². The van der Waals surface area contributed by atoms with Gasteiger partial charge in [-0.05, 0) is 43.7 Å². The highest BCUT2D eigenvalue weighted by Gasteiger charge is 2.70. The van der Waals surface area contributed by atoms with Crippen LogP contribution in [0.2, 0.25) is 0 Å². The van der Waals surface area contributed by atoms with E-state index in [2.05, 4.69) is 13.0 Å². The number of rotatable bonds is 13. The van der Waals surface area contributed by atoms with Crippen molar-refractivity contribution in [3.05, 3.63) is 23.3 Å². The summed E-state index contributed by atoms with van der Waals surface area (Å²) in [6, 6.07) is 4.00. The molecule has 0 aromatic heterocycles. The zero-order chi connectivity index (χ0) is 23.3. The van der Waals surface area contributed by atoms with Crippen molar-refractivity contribution in [2.75, 3.05) is 54.2 Å². The maximum atomic E-state index is 13.2. The molecule has 2 fully saturated rings. The second-order valence-electron chi connectivity index (χ2n) is 8.89. The van der Waals surface area contributed by atoms with Crippen LogP contribution in [0.4, 0.5) is 0 Å². The minimum Gasteiger partial charge on any atom is -0.477 e. The molecule has 3 atom stereocenters. The smallest absolute Gasteiger partial charge is 0.189 e. The van der Waals surface area contributed by atoms with Crippen LogP contribution >= 0.6 is 0 Å². The van der Waals surface area contributed by atoms with E-state index in [1.54, 1.807) is 14.2 Å². The van der Waals surface area contributed by atoms with Crippen molar-refractivity contribution in [1.29, 1.82) is 0 Å². The van der Waals surface area contributed by atoms with E-state index in [0.29, 0.717) is 50.8 Å². The van der Waals surface area contributed by atoms with Crippen LogP contribution in [0.25, 0.3) is 0 Å². The SMILES string of the molecule is CCc1ccc(OCOCCOC)c2c1[C@]13CCC[C@]1(OCOCCOC)CCC(=O)[C@@H]3O2. The Kier molecular flexibility index (Phi) is 7.91. The quantitative estimate of drug-likeness (QED) is 0.325. The molecule has 1 aliphatic heterocycles. The molecular formula is C25H36O8. The van der Waals surface area contributed by atoms with Gasteiger partial charge in [0.05, 0.1) is 37.4 Å². The van der Waals surface area contributed by atoms with Gasteiger partial charge in [-0.3, -0.25) is 4.79 Å². The lowest BCUT2D eigenvalue weighted by Crippen LogP contribution is -2.61. The molecule has 1 spiro atoms. The van der Waals surface area contributed by atoms with Gasteiger partial charge in [-0.25, -0.2) is 0 Å². The first kappa shape index (κ1) is 24.4. The molecule has 184 valence electrons. The van der Waals surface area contributed by atoms with Gasteiger partial charge in [0.1, 0.15) is 6.79 Å². The number of aryl methyl sites for hydroxylation is 1. The molecule has 8 nitrogen and oxygen atoms in total. The Morgan fingerprint density at radius 3 is 2.48 bits per heavy atom. The Morgan fingerprint density at radius 2 is 1.76 bits per heavy atom. The molecule has 0 saturated heterocycles. The van der Waals surface area contributed by atoms with Crippen molar-refractivity contribution in [2.45, 2.75) is 62.6 Å². The second-order valence-corrected chi connectivity index (χ2v) is 8.89. The summed E-state index contributed by atoms with van der Waals surface area (Å²) in [5.74, 6) is 1.41. The molecule has 0 amide bonds. The summed E-state index contributed by atoms with van der Waals surface area (Å²) in [5.41, 5.74) is 1.22. The van der Waals surface area contributed by atoms with Crippen molar-refractivity contribution < 1.29 is 38.0 Å². The number of carbonyl (C=O) groups excluding carboxylic acids is 1. The normalized spacial score (nSPS) is 27.7. The summed E-state index contributed by atoms with van der Waals surface area (Å²) in [6.07, 6.45) is 4.07. The third kappa shape index (κ3) is 4.28. The molecule has 1 aromatic carbocycles. The molecule has 2 aliphatic carbocycles. The standard InChI is InChI=1S/C25H36O8/c1-4-18-6-7-20(31-16-29-14-12-27-2)22-21(18)25-10-5-9-24(25,32-17-30-15-13-28-3)11-8-19(26)23(25)33-22/h6-7,23H,4-5,8-17H2,1-3H3/t23-,24-,25-/m0/s1. The van der Waals surface area contributed by atoms with Gasteiger partial charge in [0.25, 0.3) is 0 Å². The zero-order valence-corrected chi connectivity index (χ0v) is 20.0. The average Bonchev–Trinajstić information content (AvgIpc) is 3.39. The van der Waals surface area contributed by atoms with Gasteiger partial charge in [-0.15, -0.1) is 0 Å². The van der Waals surface area contributed by atoms with Crippen LogP contribution in [-0.2, 0) is 40.3 Å². The first-order valence-corrected chi connectivity index (χ1v) is 11.9. The lowest BCUT2D eigenvalue weighted by molar-refractivity contribution is -0.193. The van der Waals surface area contributed by atoms with Crippen LogP contribution in [0, 0.1) is 0 Å². The summed E-state index contributed by atoms with van der Waals surface area (Å²) in [7, 11) is 3.28. The zero-order valence-electron chi connectivity index (χ0n) is 20.0. The minimum atomic E-state index is -0.563. The van der Waals surface area contributed by atoms with Crippen molar-refractivity contribution >= 4 is 5.78 Å². The number of ether oxygens (including phenoxy) is 7. The predicted octanol–water partition coefficient (Wildman–Crippen LogP) is 3.17.